The Morgan fingerprint density at radius 2 is 2.12 bits per heavy atom. The van der Waals surface area contributed by atoms with Gasteiger partial charge in [0.25, 0.3) is 0 Å². The molecule has 3 heteroatoms. The lowest BCUT2D eigenvalue weighted by Gasteiger charge is -2.20. The molecule has 0 aliphatic carbocycles. The molecule has 0 saturated carbocycles. The van der Waals surface area contributed by atoms with E-state index in [0.717, 1.165) is 11.0 Å². The molecule has 1 unspecified atom stereocenters. The van der Waals surface area contributed by atoms with E-state index in [0.29, 0.717) is 12.5 Å². The molecular formula is C13H20BrNO. The molecule has 1 rings (SSSR count). The molecule has 1 aromatic rings. The standard InChI is InChI=1S/C13H20BrNO/c1-10(8-15-9-13(2,3)16)11-5-4-6-12(14)7-11/h4-7,10,15-16H,8-9H2,1-3H3. The summed E-state index contributed by atoms with van der Waals surface area (Å²) in [6.45, 7) is 7.29. The van der Waals surface area contributed by atoms with E-state index in [1.54, 1.807) is 0 Å². The second-order valence-electron chi connectivity index (χ2n) is 4.90. The molecule has 0 aliphatic heterocycles. The molecule has 0 radical (unpaired) electrons. The van der Waals surface area contributed by atoms with Crippen molar-refractivity contribution in [1.29, 1.82) is 0 Å². The summed E-state index contributed by atoms with van der Waals surface area (Å²) >= 11 is 3.47. The van der Waals surface area contributed by atoms with Crippen LogP contribution in [0.3, 0.4) is 0 Å². The third-order valence-electron chi connectivity index (χ3n) is 2.43. The highest BCUT2D eigenvalue weighted by Crippen LogP contribution is 2.19. The van der Waals surface area contributed by atoms with Crippen molar-refractivity contribution in [3.05, 3.63) is 34.3 Å². The van der Waals surface area contributed by atoms with Crippen molar-refractivity contribution in [2.24, 2.45) is 0 Å². The fraction of sp³-hybridized carbons (Fsp3) is 0.538. The summed E-state index contributed by atoms with van der Waals surface area (Å²) in [7, 11) is 0. The largest absolute Gasteiger partial charge is 0.389 e. The van der Waals surface area contributed by atoms with Crippen molar-refractivity contribution < 1.29 is 5.11 Å². The lowest BCUT2D eigenvalue weighted by Crippen LogP contribution is -2.36. The topological polar surface area (TPSA) is 32.3 Å². The Kier molecular flexibility index (Phi) is 4.96. The molecule has 0 aromatic heterocycles. The number of rotatable bonds is 5. The molecular weight excluding hydrogens is 266 g/mol. The van der Waals surface area contributed by atoms with Gasteiger partial charge in [0, 0.05) is 17.6 Å². The van der Waals surface area contributed by atoms with Gasteiger partial charge >= 0.3 is 0 Å². The minimum absolute atomic E-state index is 0.444. The minimum atomic E-state index is -0.642. The van der Waals surface area contributed by atoms with Gasteiger partial charge in [-0.05, 0) is 37.5 Å². The van der Waals surface area contributed by atoms with Crippen molar-refractivity contribution in [3.63, 3.8) is 0 Å². The summed E-state index contributed by atoms with van der Waals surface area (Å²) < 4.78 is 1.11. The van der Waals surface area contributed by atoms with Gasteiger partial charge in [-0.1, -0.05) is 35.0 Å². The summed E-state index contributed by atoms with van der Waals surface area (Å²) in [6, 6.07) is 8.34. The molecule has 2 nitrogen and oxygen atoms in total. The molecule has 0 spiro atoms. The molecule has 90 valence electrons. The summed E-state index contributed by atoms with van der Waals surface area (Å²) in [5.74, 6) is 0.444. The molecule has 0 aliphatic rings. The van der Waals surface area contributed by atoms with Gasteiger partial charge in [-0.25, -0.2) is 0 Å². The number of benzene rings is 1. The highest BCUT2D eigenvalue weighted by molar-refractivity contribution is 9.10. The molecule has 2 N–H and O–H groups in total. The van der Waals surface area contributed by atoms with Crippen LogP contribution in [0.25, 0.3) is 0 Å². The molecule has 0 fully saturated rings. The minimum Gasteiger partial charge on any atom is -0.389 e. The van der Waals surface area contributed by atoms with Crippen molar-refractivity contribution in [1.82, 2.24) is 5.32 Å². The van der Waals surface area contributed by atoms with Crippen molar-refractivity contribution >= 4 is 15.9 Å². The normalized spacial score (nSPS) is 13.8. The van der Waals surface area contributed by atoms with Gasteiger partial charge in [-0.3, -0.25) is 0 Å². The molecule has 16 heavy (non-hydrogen) atoms. The summed E-state index contributed by atoms with van der Waals surface area (Å²) in [4.78, 5) is 0. The third-order valence-corrected chi connectivity index (χ3v) is 2.92. The zero-order valence-electron chi connectivity index (χ0n) is 10.1. The van der Waals surface area contributed by atoms with Crippen LogP contribution < -0.4 is 5.32 Å². The first kappa shape index (κ1) is 13.7. The summed E-state index contributed by atoms with van der Waals surface area (Å²) in [6.07, 6.45) is 0. The fourth-order valence-electron chi connectivity index (χ4n) is 1.53. The van der Waals surface area contributed by atoms with Crippen LogP contribution in [-0.2, 0) is 0 Å². The Labute approximate surface area is 106 Å². The van der Waals surface area contributed by atoms with E-state index in [9.17, 15) is 5.11 Å². The van der Waals surface area contributed by atoms with Crippen molar-refractivity contribution in [2.75, 3.05) is 13.1 Å². The number of hydrogen-bond donors (Lipinski definition) is 2. The van der Waals surface area contributed by atoms with Crippen LogP contribution in [0.5, 0.6) is 0 Å². The molecule has 1 atom stereocenters. The van der Waals surface area contributed by atoms with Crippen molar-refractivity contribution in [3.8, 4) is 0 Å². The quantitative estimate of drug-likeness (QED) is 0.872. The van der Waals surface area contributed by atoms with Crippen LogP contribution in [-0.4, -0.2) is 23.8 Å². The maximum atomic E-state index is 9.58. The van der Waals surface area contributed by atoms with Crippen LogP contribution in [0, 0.1) is 0 Å². The van der Waals surface area contributed by atoms with Gasteiger partial charge in [-0.15, -0.1) is 0 Å². The van der Waals surface area contributed by atoms with Gasteiger partial charge in [0.2, 0.25) is 0 Å². The lowest BCUT2D eigenvalue weighted by molar-refractivity contribution is 0.0797. The number of halogens is 1. The van der Waals surface area contributed by atoms with Gasteiger partial charge in [-0.2, -0.15) is 0 Å². The fourth-order valence-corrected chi connectivity index (χ4v) is 1.94. The maximum Gasteiger partial charge on any atom is 0.0715 e. The molecule has 0 bridgehead atoms. The molecule has 0 heterocycles. The highest BCUT2D eigenvalue weighted by Gasteiger charge is 2.12. The van der Waals surface area contributed by atoms with Crippen LogP contribution >= 0.6 is 15.9 Å². The monoisotopic (exact) mass is 285 g/mol. The van der Waals surface area contributed by atoms with Crippen LogP contribution in [0.4, 0.5) is 0 Å². The molecule has 1 aromatic carbocycles. The molecule has 0 saturated heterocycles. The van der Waals surface area contributed by atoms with E-state index in [1.807, 2.05) is 26.0 Å². The number of nitrogens with one attached hydrogen (secondary N) is 1. The van der Waals surface area contributed by atoms with E-state index in [2.05, 4.69) is 40.3 Å². The molecule has 0 amide bonds. The predicted molar refractivity (Wildman–Crippen MR) is 71.7 cm³/mol. The van der Waals surface area contributed by atoms with E-state index < -0.39 is 5.60 Å². The van der Waals surface area contributed by atoms with Gasteiger partial charge < -0.3 is 10.4 Å². The SMILES string of the molecule is CC(CNCC(C)(C)O)c1cccc(Br)c1. The van der Waals surface area contributed by atoms with Crippen LogP contribution in [0.15, 0.2) is 28.7 Å². The second-order valence-corrected chi connectivity index (χ2v) is 5.82. The number of aliphatic hydroxyl groups is 1. The van der Waals surface area contributed by atoms with E-state index in [4.69, 9.17) is 0 Å². The van der Waals surface area contributed by atoms with Gasteiger partial charge in [0.15, 0.2) is 0 Å². The maximum absolute atomic E-state index is 9.58. The third kappa shape index (κ3) is 5.10. The first-order valence-corrected chi connectivity index (χ1v) is 6.36. The van der Waals surface area contributed by atoms with E-state index >= 15 is 0 Å². The predicted octanol–water partition coefficient (Wildman–Crippen LogP) is 2.91. The average molecular weight is 286 g/mol. The number of hydrogen-bond acceptors (Lipinski definition) is 2. The first-order valence-electron chi connectivity index (χ1n) is 5.57. The van der Waals surface area contributed by atoms with Gasteiger partial charge in [0.05, 0.1) is 5.60 Å². The summed E-state index contributed by atoms with van der Waals surface area (Å²) in [5.41, 5.74) is 0.661. The van der Waals surface area contributed by atoms with Crippen LogP contribution in [0.2, 0.25) is 0 Å². The van der Waals surface area contributed by atoms with E-state index in [-0.39, 0.29) is 0 Å². The first-order chi connectivity index (χ1) is 7.38. The zero-order valence-corrected chi connectivity index (χ0v) is 11.7. The van der Waals surface area contributed by atoms with Gasteiger partial charge in [0.1, 0.15) is 0 Å². The zero-order chi connectivity index (χ0) is 12.2. The van der Waals surface area contributed by atoms with Crippen molar-refractivity contribution in [2.45, 2.75) is 32.3 Å². The Morgan fingerprint density at radius 3 is 2.69 bits per heavy atom. The second kappa shape index (κ2) is 5.80. The smallest absolute Gasteiger partial charge is 0.0715 e. The highest BCUT2D eigenvalue weighted by atomic mass is 79.9. The average Bonchev–Trinajstić information content (AvgIpc) is 2.15. The van der Waals surface area contributed by atoms with E-state index in [1.165, 1.54) is 5.56 Å². The van der Waals surface area contributed by atoms with Crippen LogP contribution in [0.1, 0.15) is 32.3 Å². The Hall–Kier alpha value is -0.380. The lowest BCUT2D eigenvalue weighted by atomic mass is 10.0. The Morgan fingerprint density at radius 1 is 1.44 bits per heavy atom. The summed E-state index contributed by atoms with van der Waals surface area (Å²) in [5, 5.41) is 12.9. The Balaban J connectivity index is 2.44. The Bertz CT molecular complexity index is 333.